The maximum absolute atomic E-state index is 8.03. The molecule has 0 heterocycles. The van der Waals surface area contributed by atoms with Gasteiger partial charge in [0.05, 0.1) is 5.54 Å². The molecule has 0 bridgehead atoms. The Bertz CT molecular complexity index is 554. The second-order valence-electron chi connectivity index (χ2n) is 5.77. The Morgan fingerprint density at radius 1 is 1.00 bits per heavy atom. The van der Waals surface area contributed by atoms with Gasteiger partial charge in [0.15, 0.2) is 0 Å². The van der Waals surface area contributed by atoms with Gasteiger partial charge in [0.1, 0.15) is 0 Å². The first-order valence-electron chi connectivity index (χ1n) is 8.24. The number of hydrogen-bond acceptors (Lipinski definition) is 1. The lowest BCUT2D eigenvalue weighted by Crippen LogP contribution is -2.43. The third-order valence-corrected chi connectivity index (χ3v) is 4.50. The Morgan fingerprint density at radius 3 is 2.40 bits per heavy atom. The van der Waals surface area contributed by atoms with Crippen LogP contribution >= 0.6 is 0 Å². The van der Waals surface area contributed by atoms with E-state index >= 15 is 0 Å². The van der Waals surface area contributed by atoms with Crippen LogP contribution in [0.15, 0.2) is 60.7 Å². The van der Waals surface area contributed by atoms with Gasteiger partial charge in [-0.15, -0.1) is 0 Å². The first-order chi connectivity index (χ1) is 10.3. The van der Waals surface area contributed by atoms with Gasteiger partial charge >= 0.3 is 0 Å². The molecule has 3 rings (SSSR count). The summed E-state index contributed by atoms with van der Waals surface area (Å²) in [5, 5.41) is 3.79. The van der Waals surface area contributed by atoms with Crippen LogP contribution < -0.4 is 5.32 Å². The Kier molecular flexibility index (Phi) is 3.43. The van der Waals surface area contributed by atoms with Gasteiger partial charge in [-0.2, -0.15) is 0 Å². The van der Waals surface area contributed by atoms with Crippen LogP contribution in [0, 0.1) is 5.92 Å². The van der Waals surface area contributed by atoms with Crippen LogP contribution in [-0.4, -0.2) is 0 Å². The SMILES string of the molecule is [2H]C[C@@H]1CCCC[C@@]1(Nc1ccccc1)c1ccccc1. The van der Waals surface area contributed by atoms with Gasteiger partial charge in [-0.3, -0.25) is 0 Å². The highest BCUT2D eigenvalue weighted by molar-refractivity contribution is 5.48. The van der Waals surface area contributed by atoms with Crippen molar-refractivity contribution in [3.63, 3.8) is 0 Å². The van der Waals surface area contributed by atoms with E-state index in [1.807, 2.05) is 6.07 Å². The van der Waals surface area contributed by atoms with Crippen molar-refractivity contribution in [2.24, 2.45) is 5.92 Å². The number of hydrogen-bond donors (Lipinski definition) is 1. The highest BCUT2D eigenvalue weighted by atomic mass is 15.0. The van der Waals surface area contributed by atoms with E-state index < -0.39 is 0 Å². The highest BCUT2D eigenvalue weighted by Gasteiger charge is 2.39. The van der Waals surface area contributed by atoms with Crippen molar-refractivity contribution in [1.82, 2.24) is 0 Å². The van der Waals surface area contributed by atoms with E-state index in [1.165, 1.54) is 18.4 Å². The molecule has 0 aliphatic heterocycles. The van der Waals surface area contributed by atoms with Gasteiger partial charge in [-0.25, -0.2) is 0 Å². The van der Waals surface area contributed by atoms with Crippen LogP contribution in [0.4, 0.5) is 5.69 Å². The minimum atomic E-state index is -0.0946. The molecule has 20 heavy (non-hydrogen) atoms. The van der Waals surface area contributed by atoms with Crippen LogP contribution in [0.2, 0.25) is 0 Å². The van der Waals surface area contributed by atoms with Crippen molar-refractivity contribution in [2.75, 3.05) is 5.32 Å². The summed E-state index contributed by atoms with van der Waals surface area (Å²) in [5.74, 6) is 0.369. The summed E-state index contributed by atoms with van der Waals surface area (Å²) in [7, 11) is 0. The molecule has 1 N–H and O–H groups in total. The molecule has 0 aromatic heterocycles. The molecule has 1 aliphatic rings. The zero-order valence-electron chi connectivity index (χ0n) is 12.9. The summed E-state index contributed by atoms with van der Waals surface area (Å²) in [6.45, 7) is 0.481. The molecule has 2 atom stereocenters. The summed E-state index contributed by atoms with van der Waals surface area (Å²) in [4.78, 5) is 0. The van der Waals surface area contributed by atoms with Crippen LogP contribution in [-0.2, 0) is 5.54 Å². The van der Waals surface area contributed by atoms with Crippen molar-refractivity contribution in [2.45, 2.75) is 38.1 Å². The van der Waals surface area contributed by atoms with E-state index in [1.54, 1.807) is 0 Å². The second-order valence-corrected chi connectivity index (χ2v) is 5.77. The van der Waals surface area contributed by atoms with Crippen molar-refractivity contribution >= 4 is 5.69 Å². The van der Waals surface area contributed by atoms with E-state index in [0.717, 1.165) is 18.5 Å². The quantitative estimate of drug-likeness (QED) is 0.804. The van der Waals surface area contributed by atoms with Crippen LogP contribution in [0.5, 0.6) is 0 Å². The Balaban J connectivity index is 2.01. The predicted octanol–water partition coefficient (Wildman–Crippen LogP) is 5.20. The summed E-state index contributed by atoms with van der Waals surface area (Å²) in [5.41, 5.74) is 2.38. The lowest BCUT2D eigenvalue weighted by Gasteiger charge is -2.44. The van der Waals surface area contributed by atoms with Gasteiger partial charge in [0.2, 0.25) is 0 Å². The molecule has 0 amide bonds. The normalized spacial score (nSPS) is 26.8. The second kappa shape index (κ2) is 5.70. The number of para-hydroxylation sites is 1. The lowest BCUT2D eigenvalue weighted by atomic mass is 9.69. The summed E-state index contributed by atoms with van der Waals surface area (Å²) in [6.07, 6.45) is 4.72. The Labute approximate surface area is 123 Å². The van der Waals surface area contributed by atoms with Gasteiger partial charge in [0.25, 0.3) is 0 Å². The molecule has 2 aromatic rings. The first-order valence-corrected chi connectivity index (χ1v) is 7.53. The standard InChI is InChI=1S/C19H23N/c1-16-10-8-9-15-19(16,17-11-4-2-5-12-17)20-18-13-6-3-7-14-18/h2-7,11-14,16,20H,8-10,15H2,1H3/t16-,19+/m1/s1/i1D. The van der Waals surface area contributed by atoms with E-state index in [0.29, 0.717) is 12.8 Å². The van der Waals surface area contributed by atoms with Crippen molar-refractivity contribution in [1.29, 1.82) is 0 Å². The monoisotopic (exact) mass is 266 g/mol. The fourth-order valence-corrected chi connectivity index (χ4v) is 3.38. The Hall–Kier alpha value is -1.76. The van der Waals surface area contributed by atoms with E-state index in [9.17, 15) is 0 Å². The maximum atomic E-state index is 8.03. The molecule has 1 heteroatoms. The zero-order valence-corrected chi connectivity index (χ0v) is 11.9. The minimum absolute atomic E-state index is 0.0946. The molecule has 1 saturated carbocycles. The molecule has 104 valence electrons. The molecule has 0 saturated heterocycles. The van der Waals surface area contributed by atoms with Crippen LogP contribution in [0.1, 0.15) is 39.5 Å². The third-order valence-electron chi connectivity index (χ3n) is 4.50. The maximum Gasteiger partial charge on any atom is 0.0650 e. The van der Waals surface area contributed by atoms with Crippen LogP contribution in [0.3, 0.4) is 0 Å². The molecule has 1 fully saturated rings. The number of anilines is 1. The van der Waals surface area contributed by atoms with Gasteiger partial charge in [-0.1, -0.05) is 68.3 Å². The smallest absolute Gasteiger partial charge is 0.0650 e. The molecular formula is C19H23N. The number of rotatable bonds is 3. The first kappa shape index (κ1) is 12.0. The molecule has 1 aliphatic carbocycles. The lowest BCUT2D eigenvalue weighted by molar-refractivity contribution is 0.231. The van der Waals surface area contributed by atoms with Gasteiger partial charge in [-0.05, 0) is 36.5 Å². The van der Waals surface area contributed by atoms with E-state index in [2.05, 4.69) is 59.9 Å². The van der Waals surface area contributed by atoms with Crippen LogP contribution in [0.25, 0.3) is 0 Å². The van der Waals surface area contributed by atoms with E-state index in [-0.39, 0.29) is 5.54 Å². The number of benzene rings is 2. The van der Waals surface area contributed by atoms with E-state index in [4.69, 9.17) is 1.37 Å². The summed E-state index contributed by atoms with van der Waals surface area (Å²) in [6, 6.07) is 21.1. The minimum Gasteiger partial charge on any atom is -0.375 e. The van der Waals surface area contributed by atoms with Crippen molar-refractivity contribution in [3.05, 3.63) is 66.2 Å². The highest BCUT2D eigenvalue weighted by Crippen LogP contribution is 2.43. The Morgan fingerprint density at radius 2 is 1.70 bits per heavy atom. The zero-order chi connectivity index (χ0) is 14.5. The van der Waals surface area contributed by atoms with Gasteiger partial charge in [0, 0.05) is 7.06 Å². The predicted molar refractivity (Wildman–Crippen MR) is 85.8 cm³/mol. The van der Waals surface area contributed by atoms with Gasteiger partial charge < -0.3 is 5.32 Å². The largest absolute Gasteiger partial charge is 0.375 e. The summed E-state index contributed by atoms with van der Waals surface area (Å²) >= 11 is 0. The average molecular weight is 266 g/mol. The van der Waals surface area contributed by atoms with Crippen molar-refractivity contribution in [3.8, 4) is 0 Å². The number of nitrogens with one attached hydrogen (secondary N) is 1. The average Bonchev–Trinajstić information content (AvgIpc) is 2.57. The summed E-state index contributed by atoms with van der Waals surface area (Å²) < 4.78 is 8.03. The molecule has 0 unspecified atom stereocenters. The molecule has 0 spiro atoms. The molecule has 0 radical (unpaired) electrons. The third kappa shape index (κ3) is 2.45. The van der Waals surface area contributed by atoms with Crippen molar-refractivity contribution < 1.29 is 1.37 Å². The topological polar surface area (TPSA) is 12.0 Å². The molecule has 2 aromatic carbocycles. The molecule has 1 nitrogen and oxygen atoms in total. The fourth-order valence-electron chi connectivity index (χ4n) is 3.38. The fraction of sp³-hybridized carbons (Fsp3) is 0.368. The molecular weight excluding hydrogens is 242 g/mol.